The predicted octanol–water partition coefficient (Wildman–Crippen LogP) is 0.593. The van der Waals surface area contributed by atoms with Gasteiger partial charge in [-0.25, -0.2) is 19.9 Å². The molecule has 0 bridgehead atoms. The number of thiophene rings is 1. The molecule has 0 atom stereocenters. The molecule has 4 N–H and O–H groups in total. The third-order valence-electron chi connectivity index (χ3n) is 6.84. The van der Waals surface area contributed by atoms with Crippen LogP contribution in [-0.4, -0.2) is 121 Å². The van der Waals surface area contributed by atoms with E-state index in [4.69, 9.17) is 35.6 Å². The highest BCUT2D eigenvalue weighted by Gasteiger charge is 2.24. The summed E-state index contributed by atoms with van der Waals surface area (Å²) in [6.07, 6.45) is 3.70. The van der Waals surface area contributed by atoms with Crippen LogP contribution in [0.5, 0.6) is 0 Å². The van der Waals surface area contributed by atoms with Crippen molar-refractivity contribution in [2.75, 3.05) is 96.1 Å². The minimum absolute atomic E-state index is 0.133. The summed E-state index contributed by atoms with van der Waals surface area (Å²) < 4.78 is 17.4. The minimum Gasteiger partial charge on any atom is -0.379 e. The third kappa shape index (κ3) is 7.38. The van der Waals surface area contributed by atoms with Gasteiger partial charge in [0.2, 0.25) is 11.9 Å². The number of anilines is 2. The van der Waals surface area contributed by atoms with Gasteiger partial charge in [-0.15, -0.1) is 11.3 Å². The predicted molar refractivity (Wildman–Crippen MR) is 153 cm³/mol. The normalized spacial score (nSPS) is 16.6. The van der Waals surface area contributed by atoms with Crippen LogP contribution in [0.3, 0.4) is 0 Å². The molecule has 0 saturated carbocycles. The number of ether oxygens (including phenoxy) is 3. The number of hydrogen-bond donors (Lipinski definition) is 2. The Labute approximate surface area is 237 Å². The molecule has 0 aliphatic carbocycles. The van der Waals surface area contributed by atoms with Crippen LogP contribution in [0.25, 0.3) is 21.6 Å². The van der Waals surface area contributed by atoms with Gasteiger partial charge in [-0.1, -0.05) is 0 Å². The summed E-state index contributed by atoms with van der Waals surface area (Å²) in [6.45, 7) is 9.17. The highest BCUT2D eigenvalue weighted by molar-refractivity contribution is 7.19. The maximum absolute atomic E-state index is 12.6. The van der Waals surface area contributed by atoms with Crippen molar-refractivity contribution in [2.24, 2.45) is 5.73 Å². The van der Waals surface area contributed by atoms with Crippen LogP contribution in [0.2, 0.25) is 0 Å². The first-order valence-electron chi connectivity index (χ1n) is 13.7. The maximum atomic E-state index is 12.6. The Kier molecular flexibility index (Phi) is 10.0. The van der Waals surface area contributed by atoms with Crippen molar-refractivity contribution in [3.63, 3.8) is 0 Å². The zero-order valence-corrected chi connectivity index (χ0v) is 23.5. The molecule has 3 aromatic heterocycles. The Morgan fingerprint density at radius 3 is 2.42 bits per heavy atom. The number of nitrogens with zero attached hydrogens (tertiary/aromatic N) is 7. The lowest BCUT2D eigenvalue weighted by Crippen LogP contribution is -2.48. The molecular weight excluding hydrogens is 534 g/mol. The van der Waals surface area contributed by atoms with Gasteiger partial charge in [0.25, 0.3) is 0 Å². The number of carbonyl (C=O) groups is 1. The van der Waals surface area contributed by atoms with E-state index < -0.39 is 0 Å². The topological polar surface area (TPSA) is 158 Å². The van der Waals surface area contributed by atoms with E-state index in [1.807, 2.05) is 4.90 Å². The van der Waals surface area contributed by atoms with Crippen LogP contribution >= 0.6 is 11.3 Å². The fourth-order valence-electron chi connectivity index (χ4n) is 4.71. The smallest absolute Gasteiger partial charge is 0.224 e. The largest absolute Gasteiger partial charge is 0.379 e. The fourth-order valence-corrected chi connectivity index (χ4v) is 5.87. The van der Waals surface area contributed by atoms with Gasteiger partial charge in [-0.2, -0.15) is 0 Å². The minimum atomic E-state index is 0.133. The average Bonchev–Trinajstić information content (AvgIpc) is 3.39. The molecule has 40 heavy (non-hydrogen) atoms. The van der Waals surface area contributed by atoms with Gasteiger partial charge in [0, 0.05) is 69.6 Å². The highest BCUT2D eigenvalue weighted by atomic mass is 32.1. The Hall–Kier alpha value is -3.01. The quantitative estimate of drug-likeness (QED) is 0.292. The number of rotatable bonds is 12. The molecule has 216 valence electrons. The number of amides is 1. The summed E-state index contributed by atoms with van der Waals surface area (Å²) in [6, 6.07) is 2.15. The van der Waals surface area contributed by atoms with Crippen molar-refractivity contribution < 1.29 is 19.0 Å². The first-order valence-corrected chi connectivity index (χ1v) is 14.5. The lowest BCUT2D eigenvalue weighted by Gasteiger charge is -2.34. The van der Waals surface area contributed by atoms with Gasteiger partial charge in [0.1, 0.15) is 0 Å². The lowest BCUT2D eigenvalue weighted by molar-refractivity contribution is -0.134. The Balaban J connectivity index is 1.20. The van der Waals surface area contributed by atoms with Crippen molar-refractivity contribution in [3.8, 4) is 11.4 Å². The number of aromatic nitrogens is 4. The van der Waals surface area contributed by atoms with Crippen LogP contribution in [0.15, 0.2) is 18.5 Å². The zero-order chi connectivity index (χ0) is 27.7. The van der Waals surface area contributed by atoms with Gasteiger partial charge >= 0.3 is 0 Å². The number of nitrogens with two attached hydrogens (primary N) is 2. The zero-order valence-electron chi connectivity index (χ0n) is 22.7. The molecule has 13 nitrogen and oxygen atoms in total. The van der Waals surface area contributed by atoms with E-state index in [1.54, 1.807) is 23.7 Å². The van der Waals surface area contributed by atoms with Crippen molar-refractivity contribution in [1.29, 1.82) is 0 Å². The van der Waals surface area contributed by atoms with Crippen LogP contribution in [0.4, 0.5) is 11.8 Å². The number of piperazine rings is 1. The van der Waals surface area contributed by atoms with Crippen molar-refractivity contribution in [3.05, 3.63) is 23.3 Å². The van der Waals surface area contributed by atoms with E-state index in [-0.39, 0.29) is 11.9 Å². The molecule has 0 aromatic carbocycles. The van der Waals surface area contributed by atoms with Gasteiger partial charge in [0.05, 0.1) is 61.8 Å². The molecule has 5 rings (SSSR count). The van der Waals surface area contributed by atoms with Crippen molar-refractivity contribution in [1.82, 2.24) is 29.7 Å². The Morgan fingerprint density at radius 1 is 0.975 bits per heavy atom. The van der Waals surface area contributed by atoms with Crippen molar-refractivity contribution in [2.45, 2.75) is 13.0 Å². The third-order valence-corrected chi connectivity index (χ3v) is 7.95. The van der Waals surface area contributed by atoms with E-state index in [9.17, 15) is 4.79 Å². The van der Waals surface area contributed by atoms with Crippen LogP contribution < -0.4 is 16.4 Å². The van der Waals surface area contributed by atoms with E-state index in [1.165, 1.54) is 4.88 Å². The second-order valence-corrected chi connectivity index (χ2v) is 10.8. The molecule has 3 aromatic rings. The molecule has 1 amide bonds. The first kappa shape index (κ1) is 28.5. The van der Waals surface area contributed by atoms with Gasteiger partial charge in [-0.05, 0) is 6.07 Å². The van der Waals surface area contributed by atoms with E-state index in [0.29, 0.717) is 71.5 Å². The number of carbonyl (C=O) groups excluding carboxylic acids is 1. The molecule has 0 unspecified atom stereocenters. The Bertz CT molecular complexity index is 1240. The average molecular weight is 572 g/mol. The molecule has 2 aliphatic rings. The monoisotopic (exact) mass is 571 g/mol. The first-order chi connectivity index (χ1) is 19.6. The summed E-state index contributed by atoms with van der Waals surface area (Å²) in [7, 11) is 0. The Morgan fingerprint density at radius 2 is 1.70 bits per heavy atom. The molecule has 2 saturated heterocycles. The van der Waals surface area contributed by atoms with E-state index in [2.05, 4.69) is 25.8 Å². The summed E-state index contributed by atoms with van der Waals surface area (Å²) in [4.78, 5) is 38.4. The SMILES string of the molecule is NCCOCCOCCC(=O)N1CCN(Cc2cc3nc(-c4cnc(N)nc4)nc(N4CCOCC4)c3s2)CC1. The molecular formula is C26H37N9O4S. The molecule has 2 aliphatic heterocycles. The van der Waals surface area contributed by atoms with Crippen molar-refractivity contribution >= 4 is 39.2 Å². The molecule has 0 radical (unpaired) electrons. The summed E-state index contributed by atoms with van der Waals surface area (Å²) in [5.41, 5.74) is 12.7. The van der Waals surface area contributed by atoms with Gasteiger partial charge in [-0.3, -0.25) is 9.69 Å². The van der Waals surface area contributed by atoms with E-state index in [0.717, 1.165) is 54.3 Å². The summed E-state index contributed by atoms with van der Waals surface area (Å²) in [5.74, 6) is 1.85. The molecule has 5 heterocycles. The molecule has 14 heteroatoms. The maximum Gasteiger partial charge on any atom is 0.224 e. The van der Waals surface area contributed by atoms with Gasteiger partial charge < -0.3 is 35.5 Å². The van der Waals surface area contributed by atoms with Gasteiger partial charge in [0.15, 0.2) is 11.6 Å². The van der Waals surface area contributed by atoms with Crippen LogP contribution in [0.1, 0.15) is 11.3 Å². The fraction of sp³-hybridized carbons (Fsp3) is 0.577. The summed E-state index contributed by atoms with van der Waals surface area (Å²) in [5, 5.41) is 0. The summed E-state index contributed by atoms with van der Waals surface area (Å²) >= 11 is 1.73. The number of fused-ring (bicyclic) bond motifs is 1. The number of morpholine rings is 1. The number of nitrogen functional groups attached to an aromatic ring is 1. The molecule has 0 spiro atoms. The highest BCUT2D eigenvalue weighted by Crippen LogP contribution is 2.35. The van der Waals surface area contributed by atoms with Crippen LogP contribution in [0, 0.1) is 0 Å². The molecule has 2 fully saturated rings. The number of hydrogen-bond acceptors (Lipinski definition) is 13. The second kappa shape index (κ2) is 14.1. The standard InChI is InChI=1S/C26H37N9O4S/c27-2-10-38-14-13-37-9-1-22(36)34-5-3-33(4-6-34)18-20-15-21-23(40-20)25(35-7-11-39-12-8-35)32-24(31-21)19-16-29-26(28)30-17-19/h15-17H,1-14,18,27H2,(H2,28,29,30). The second-order valence-electron chi connectivity index (χ2n) is 9.65. The van der Waals surface area contributed by atoms with Crippen LogP contribution in [-0.2, 0) is 25.5 Å². The van der Waals surface area contributed by atoms with E-state index >= 15 is 0 Å². The lowest BCUT2D eigenvalue weighted by atomic mass is 10.2.